The molecular weight excluding hydrogens is 480 g/mol. The summed E-state index contributed by atoms with van der Waals surface area (Å²) in [6, 6.07) is 14.3. The van der Waals surface area contributed by atoms with E-state index in [-0.39, 0.29) is 11.9 Å². The second-order valence-corrected chi connectivity index (χ2v) is 10.3. The number of H-pyrrole nitrogens is 1. The van der Waals surface area contributed by atoms with E-state index in [0.717, 1.165) is 39.3 Å². The third-order valence-corrected chi connectivity index (χ3v) is 7.94. The number of hydrogen-bond acceptors (Lipinski definition) is 6. The fourth-order valence-electron chi connectivity index (χ4n) is 4.75. The van der Waals surface area contributed by atoms with E-state index < -0.39 is 0 Å². The van der Waals surface area contributed by atoms with Crippen molar-refractivity contribution in [2.24, 2.45) is 5.92 Å². The highest BCUT2D eigenvalue weighted by Gasteiger charge is 2.33. The number of rotatable bonds is 7. The van der Waals surface area contributed by atoms with Crippen LogP contribution in [0.5, 0.6) is 0 Å². The number of benzene rings is 1. The first-order chi connectivity index (χ1) is 17.0. The van der Waals surface area contributed by atoms with Gasteiger partial charge in [-0.3, -0.25) is 14.8 Å². The van der Waals surface area contributed by atoms with Crippen LogP contribution in [-0.4, -0.2) is 44.1 Å². The lowest BCUT2D eigenvalue weighted by atomic mass is 9.96. The fourth-order valence-corrected chi connectivity index (χ4v) is 6.01. The van der Waals surface area contributed by atoms with Gasteiger partial charge in [-0.05, 0) is 65.9 Å². The van der Waals surface area contributed by atoms with Crippen LogP contribution in [0.1, 0.15) is 43.9 Å². The van der Waals surface area contributed by atoms with Crippen molar-refractivity contribution in [1.29, 1.82) is 0 Å². The van der Waals surface area contributed by atoms with Gasteiger partial charge in [-0.2, -0.15) is 5.10 Å². The van der Waals surface area contributed by atoms with Crippen molar-refractivity contribution in [3.63, 3.8) is 0 Å². The number of carbonyl (C=O) groups excluding carboxylic acids is 1. The van der Waals surface area contributed by atoms with Crippen molar-refractivity contribution in [3.05, 3.63) is 71.1 Å². The van der Waals surface area contributed by atoms with Crippen molar-refractivity contribution < 1.29 is 4.79 Å². The van der Waals surface area contributed by atoms with Crippen LogP contribution in [0.3, 0.4) is 0 Å². The summed E-state index contributed by atoms with van der Waals surface area (Å²) < 4.78 is 0. The molecule has 0 aliphatic carbocycles. The summed E-state index contributed by atoms with van der Waals surface area (Å²) in [6.45, 7) is 5.83. The minimum Gasteiger partial charge on any atom is -0.311 e. The Balaban J connectivity index is 1.63. The summed E-state index contributed by atoms with van der Waals surface area (Å²) >= 11 is 7.91. The van der Waals surface area contributed by atoms with Crippen LogP contribution in [-0.2, 0) is 4.79 Å². The fraction of sp³-hybridized carbons (Fsp3) is 0.308. The Hall–Kier alpha value is -3.07. The highest BCUT2D eigenvalue weighted by molar-refractivity contribution is 7.19. The number of amides is 1. The molecule has 1 saturated heterocycles. The SMILES string of the molecule is CC[C@@H]1CCN(C(c2ccc(Cl)cc2)c2cc(-c3ccnc(NC(C)=O)c3)sc2-c2ncn[nH]2)C1. The van der Waals surface area contributed by atoms with Crippen LogP contribution >= 0.6 is 22.9 Å². The molecular formula is C26H27ClN6OS. The first-order valence-electron chi connectivity index (χ1n) is 11.7. The van der Waals surface area contributed by atoms with Gasteiger partial charge in [0, 0.05) is 29.6 Å². The molecule has 0 saturated carbocycles. The molecule has 4 heterocycles. The van der Waals surface area contributed by atoms with E-state index in [1.807, 2.05) is 24.3 Å². The molecule has 7 nitrogen and oxygen atoms in total. The van der Waals surface area contributed by atoms with Crippen LogP contribution in [0, 0.1) is 5.92 Å². The molecule has 1 aliphatic heterocycles. The van der Waals surface area contributed by atoms with Crippen LogP contribution in [0.2, 0.25) is 5.02 Å². The van der Waals surface area contributed by atoms with Gasteiger partial charge in [0.2, 0.25) is 5.91 Å². The Kier molecular flexibility index (Phi) is 6.95. The number of carbonyl (C=O) groups is 1. The van der Waals surface area contributed by atoms with Gasteiger partial charge in [-0.1, -0.05) is 37.1 Å². The van der Waals surface area contributed by atoms with Gasteiger partial charge < -0.3 is 5.32 Å². The number of halogens is 1. The van der Waals surface area contributed by atoms with E-state index in [1.165, 1.54) is 30.9 Å². The first-order valence-corrected chi connectivity index (χ1v) is 12.9. The standard InChI is InChI=1S/C26H27ClN6OS/c1-3-17-9-11-33(14-17)24(18-4-6-20(27)7-5-18)21-13-22(35-25(21)26-29-15-30-32-26)19-8-10-28-23(12-19)31-16(2)34/h4-8,10,12-13,15,17,24H,3,9,11,14H2,1-2H3,(H,28,31,34)(H,29,30,32)/t17-,24?/m1/s1. The Morgan fingerprint density at radius 1 is 1.26 bits per heavy atom. The number of hydrogen-bond donors (Lipinski definition) is 2. The number of pyridine rings is 1. The molecule has 1 amide bonds. The molecule has 35 heavy (non-hydrogen) atoms. The number of aromatic amines is 1. The Labute approximate surface area is 213 Å². The van der Waals surface area contributed by atoms with Gasteiger partial charge in [0.25, 0.3) is 0 Å². The summed E-state index contributed by atoms with van der Waals surface area (Å²) in [5, 5.41) is 10.7. The van der Waals surface area contributed by atoms with E-state index in [1.54, 1.807) is 23.9 Å². The summed E-state index contributed by atoms with van der Waals surface area (Å²) in [7, 11) is 0. The largest absolute Gasteiger partial charge is 0.311 e. The minimum atomic E-state index is -0.147. The molecule has 2 N–H and O–H groups in total. The van der Waals surface area contributed by atoms with E-state index in [2.05, 4.69) is 55.5 Å². The minimum absolute atomic E-state index is 0.0607. The maximum Gasteiger partial charge on any atom is 0.222 e. The smallest absolute Gasteiger partial charge is 0.222 e. The van der Waals surface area contributed by atoms with E-state index >= 15 is 0 Å². The highest BCUT2D eigenvalue weighted by atomic mass is 35.5. The molecule has 180 valence electrons. The molecule has 1 aliphatic rings. The molecule has 3 aromatic heterocycles. The van der Waals surface area contributed by atoms with E-state index in [0.29, 0.717) is 11.7 Å². The predicted molar refractivity (Wildman–Crippen MR) is 140 cm³/mol. The van der Waals surface area contributed by atoms with Gasteiger partial charge in [0.15, 0.2) is 5.82 Å². The number of likely N-dealkylation sites (tertiary alicyclic amines) is 1. The van der Waals surface area contributed by atoms with Crippen LogP contribution < -0.4 is 5.32 Å². The molecule has 1 fully saturated rings. The third kappa shape index (κ3) is 5.15. The average molecular weight is 507 g/mol. The zero-order chi connectivity index (χ0) is 24.4. The summed E-state index contributed by atoms with van der Waals surface area (Å²) in [4.78, 5) is 25.0. The van der Waals surface area contributed by atoms with Crippen molar-refractivity contribution >= 4 is 34.7 Å². The molecule has 9 heteroatoms. The Bertz CT molecular complexity index is 1300. The molecule has 0 radical (unpaired) electrons. The monoisotopic (exact) mass is 506 g/mol. The van der Waals surface area contributed by atoms with Crippen molar-refractivity contribution in [2.45, 2.75) is 32.7 Å². The third-order valence-electron chi connectivity index (χ3n) is 6.48. The van der Waals surface area contributed by atoms with Gasteiger partial charge in [-0.15, -0.1) is 11.3 Å². The lowest BCUT2D eigenvalue weighted by molar-refractivity contribution is -0.114. The van der Waals surface area contributed by atoms with Crippen LogP contribution in [0.15, 0.2) is 55.0 Å². The van der Waals surface area contributed by atoms with Gasteiger partial charge >= 0.3 is 0 Å². The normalized spacial score (nSPS) is 16.9. The molecule has 0 bridgehead atoms. The lowest BCUT2D eigenvalue weighted by Crippen LogP contribution is -2.27. The second-order valence-electron chi connectivity index (χ2n) is 8.85. The van der Waals surface area contributed by atoms with E-state index in [4.69, 9.17) is 11.6 Å². The highest BCUT2D eigenvalue weighted by Crippen LogP contribution is 2.45. The number of nitrogens with one attached hydrogen (secondary N) is 2. The van der Waals surface area contributed by atoms with Crippen molar-refractivity contribution in [2.75, 3.05) is 18.4 Å². The first kappa shape index (κ1) is 23.7. The summed E-state index contributed by atoms with van der Waals surface area (Å²) in [6.07, 6.45) is 5.63. The molecule has 5 rings (SSSR count). The maximum absolute atomic E-state index is 11.6. The molecule has 1 aromatic carbocycles. The molecule has 0 spiro atoms. The van der Waals surface area contributed by atoms with Crippen LogP contribution in [0.4, 0.5) is 5.82 Å². The quantitative estimate of drug-likeness (QED) is 0.319. The zero-order valence-electron chi connectivity index (χ0n) is 19.7. The zero-order valence-corrected chi connectivity index (χ0v) is 21.2. The second kappa shape index (κ2) is 10.3. The Morgan fingerprint density at radius 2 is 2.09 bits per heavy atom. The topological polar surface area (TPSA) is 86.8 Å². The summed E-state index contributed by atoms with van der Waals surface area (Å²) in [5.74, 6) is 1.83. The number of aromatic nitrogens is 4. The van der Waals surface area contributed by atoms with Gasteiger partial charge in [0.1, 0.15) is 12.1 Å². The summed E-state index contributed by atoms with van der Waals surface area (Å²) in [5.41, 5.74) is 3.37. The van der Waals surface area contributed by atoms with Crippen molar-refractivity contribution in [1.82, 2.24) is 25.1 Å². The van der Waals surface area contributed by atoms with E-state index in [9.17, 15) is 4.79 Å². The predicted octanol–water partition coefficient (Wildman–Crippen LogP) is 6.03. The van der Waals surface area contributed by atoms with Crippen molar-refractivity contribution in [3.8, 4) is 21.1 Å². The molecule has 1 unspecified atom stereocenters. The van der Waals surface area contributed by atoms with Gasteiger partial charge in [0.05, 0.1) is 10.9 Å². The lowest BCUT2D eigenvalue weighted by Gasteiger charge is -2.29. The van der Waals surface area contributed by atoms with Gasteiger partial charge in [-0.25, -0.2) is 9.97 Å². The number of anilines is 1. The Morgan fingerprint density at radius 3 is 2.77 bits per heavy atom. The molecule has 4 aromatic rings. The number of thiophene rings is 1. The average Bonchev–Trinajstić information content (AvgIpc) is 3.61. The maximum atomic E-state index is 11.6. The van der Waals surface area contributed by atoms with Crippen LogP contribution in [0.25, 0.3) is 21.1 Å². The molecule has 2 atom stereocenters. The number of nitrogens with zero attached hydrogens (tertiary/aromatic N) is 4.